The Labute approximate surface area is 145 Å². The fourth-order valence-electron chi connectivity index (χ4n) is 2.39. The first-order valence-electron chi connectivity index (χ1n) is 7.88. The number of aliphatic hydroxyl groups is 1. The molecule has 25 heavy (non-hydrogen) atoms. The molecule has 0 saturated heterocycles. The number of ether oxygens (including phenoxy) is 1. The van der Waals surface area contributed by atoms with Gasteiger partial charge in [0, 0.05) is 12.7 Å². The van der Waals surface area contributed by atoms with E-state index in [1.54, 1.807) is 48.3 Å². The van der Waals surface area contributed by atoms with Crippen LogP contribution >= 0.6 is 0 Å². The van der Waals surface area contributed by atoms with Gasteiger partial charge in [-0.05, 0) is 35.9 Å². The van der Waals surface area contributed by atoms with Crippen LogP contribution in [0.4, 0.5) is 0 Å². The number of hydrogen-bond acceptors (Lipinski definition) is 4. The Morgan fingerprint density at radius 2 is 1.88 bits per heavy atom. The van der Waals surface area contributed by atoms with Crippen LogP contribution in [0.1, 0.15) is 22.2 Å². The second-order valence-electron chi connectivity index (χ2n) is 5.48. The summed E-state index contributed by atoms with van der Waals surface area (Å²) in [5.41, 5.74) is 1.88. The lowest BCUT2D eigenvalue weighted by Crippen LogP contribution is -2.28. The van der Waals surface area contributed by atoms with Crippen LogP contribution in [0.2, 0.25) is 0 Å². The van der Waals surface area contributed by atoms with Crippen molar-refractivity contribution < 1.29 is 14.6 Å². The standard InChI is InChI=1S/C19H19N3O3/c1-25-16-9-7-14(8-10-16)18(23)13-20-19(24)17-11-12-22(21-17)15-5-3-2-4-6-15/h2-12,18,23H,13H2,1H3,(H,20,24). The lowest BCUT2D eigenvalue weighted by Gasteiger charge is -2.12. The molecule has 0 aliphatic carbocycles. The third-order valence-corrected chi connectivity index (χ3v) is 3.80. The van der Waals surface area contributed by atoms with Crippen molar-refractivity contribution in [1.82, 2.24) is 15.1 Å². The maximum atomic E-state index is 12.2. The Bertz CT molecular complexity index is 829. The zero-order valence-electron chi connectivity index (χ0n) is 13.8. The number of benzene rings is 2. The Hall–Kier alpha value is -3.12. The summed E-state index contributed by atoms with van der Waals surface area (Å²) in [5.74, 6) is 0.383. The highest BCUT2D eigenvalue weighted by Gasteiger charge is 2.13. The average Bonchev–Trinajstić information content (AvgIpc) is 3.17. The first-order chi connectivity index (χ1) is 12.2. The molecule has 2 aromatic carbocycles. The van der Waals surface area contributed by atoms with E-state index in [0.29, 0.717) is 17.0 Å². The van der Waals surface area contributed by atoms with Crippen LogP contribution in [0.15, 0.2) is 66.9 Å². The van der Waals surface area contributed by atoms with Gasteiger partial charge in [-0.1, -0.05) is 30.3 Å². The first-order valence-corrected chi connectivity index (χ1v) is 7.88. The Kier molecular flexibility index (Phi) is 5.11. The number of methoxy groups -OCH3 is 1. The number of para-hydroxylation sites is 1. The van der Waals surface area contributed by atoms with E-state index in [0.717, 1.165) is 5.69 Å². The van der Waals surface area contributed by atoms with Gasteiger partial charge in [0.15, 0.2) is 5.69 Å². The number of aliphatic hydroxyl groups excluding tert-OH is 1. The summed E-state index contributed by atoms with van der Waals surface area (Å²) in [6.45, 7) is 0.101. The smallest absolute Gasteiger partial charge is 0.271 e. The minimum absolute atomic E-state index is 0.101. The summed E-state index contributed by atoms with van der Waals surface area (Å²) < 4.78 is 6.72. The average molecular weight is 337 g/mol. The lowest BCUT2D eigenvalue weighted by molar-refractivity contribution is 0.0911. The van der Waals surface area contributed by atoms with Crippen molar-refractivity contribution in [2.75, 3.05) is 13.7 Å². The van der Waals surface area contributed by atoms with Gasteiger partial charge < -0.3 is 15.2 Å². The highest BCUT2D eigenvalue weighted by Crippen LogP contribution is 2.17. The summed E-state index contributed by atoms with van der Waals surface area (Å²) in [6, 6.07) is 18.2. The van der Waals surface area contributed by atoms with E-state index in [-0.39, 0.29) is 12.5 Å². The molecule has 1 atom stereocenters. The van der Waals surface area contributed by atoms with Gasteiger partial charge in [-0.3, -0.25) is 4.79 Å². The molecule has 0 radical (unpaired) electrons. The fraction of sp³-hybridized carbons (Fsp3) is 0.158. The van der Waals surface area contributed by atoms with Crippen molar-refractivity contribution in [3.8, 4) is 11.4 Å². The molecule has 1 heterocycles. The molecule has 128 valence electrons. The molecule has 0 spiro atoms. The van der Waals surface area contributed by atoms with Crippen molar-refractivity contribution in [2.24, 2.45) is 0 Å². The van der Waals surface area contributed by atoms with Crippen LogP contribution in [0, 0.1) is 0 Å². The SMILES string of the molecule is COc1ccc(C(O)CNC(=O)c2ccn(-c3ccccc3)n2)cc1. The molecule has 0 saturated carbocycles. The molecule has 0 aliphatic rings. The minimum atomic E-state index is -0.800. The van der Waals surface area contributed by atoms with Crippen molar-refractivity contribution in [2.45, 2.75) is 6.10 Å². The number of carbonyl (C=O) groups excluding carboxylic acids is 1. The van der Waals surface area contributed by atoms with Crippen LogP contribution in [0.25, 0.3) is 5.69 Å². The molecule has 1 aromatic heterocycles. The number of amides is 1. The molecular weight excluding hydrogens is 318 g/mol. The fourth-order valence-corrected chi connectivity index (χ4v) is 2.39. The van der Waals surface area contributed by atoms with E-state index < -0.39 is 6.10 Å². The summed E-state index contributed by atoms with van der Waals surface area (Å²) in [4.78, 5) is 12.2. The first kappa shape index (κ1) is 16.7. The van der Waals surface area contributed by atoms with Gasteiger partial charge >= 0.3 is 0 Å². The normalized spacial score (nSPS) is 11.8. The molecule has 1 unspecified atom stereocenters. The molecule has 0 aliphatic heterocycles. The Morgan fingerprint density at radius 1 is 1.16 bits per heavy atom. The summed E-state index contributed by atoms with van der Waals surface area (Å²) in [5, 5.41) is 17.1. The molecule has 1 amide bonds. The van der Waals surface area contributed by atoms with E-state index in [4.69, 9.17) is 4.74 Å². The minimum Gasteiger partial charge on any atom is -0.497 e. The van der Waals surface area contributed by atoms with E-state index in [2.05, 4.69) is 10.4 Å². The number of hydrogen-bond donors (Lipinski definition) is 2. The monoisotopic (exact) mass is 337 g/mol. The second kappa shape index (κ2) is 7.63. The lowest BCUT2D eigenvalue weighted by atomic mass is 10.1. The maximum Gasteiger partial charge on any atom is 0.271 e. The summed E-state index contributed by atoms with van der Waals surface area (Å²) >= 11 is 0. The molecule has 3 aromatic rings. The number of nitrogens with zero attached hydrogens (tertiary/aromatic N) is 2. The molecule has 6 nitrogen and oxygen atoms in total. The number of aromatic nitrogens is 2. The molecular formula is C19H19N3O3. The Balaban J connectivity index is 1.59. The van der Waals surface area contributed by atoms with E-state index in [1.165, 1.54) is 0 Å². The Morgan fingerprint density at radius 3 is 2.56 bits per heavy atom. The van der Waals surface area contributed by atoms with Gasteiger partial charge in [0.05, 0.1) is 18.9 Å². The van der Waals surface area contributed by atoms with Gasteiger partial charge in [0.1, 0.15) is 5.75 Å². The predicted octanol–water partition coefficient (Wildman–Crippen LogP) is 2.34. The van der Waals surface area contributed by atoms with Gasteiger partial charge in [-0.2, -0.15) is 5.10 Å². The predicted molar refractivity (Wildman–Crippen MR) is 93.9 cm³/mol. The zero-order valence-corrected chi connectivity index (χ0v) is 13.8. The van der Waals surface area contributed by atoms with Crippen LogP contribution in [0.3, 0.4) is 0 Å². The van der Waals surface area contributed by atoms with Crippen LogP contribution < -0.4 is 10.1 Å². The number of carbonyl (C=O) groups is 1. The van der Waals surface area contributed by atoms with E-state index >= 15 is 0 Å². The molecule has 6 heteroatoms. The van der Waals surface area contributed by atoms with Gasteiger partial charge in [-0.15, -0.1) is 0 Å². The van der Waals surface area contributed by atoms with E-state index in [1.807, 2.05) is 30.3 Å². The van der Waals surface area contributed by atoms with Crippen LogP contribution in [-0.2, 0) is 0 Å². The van der Waals surface area contributed by atoms with Crippen molar-refractivity contribution in [3.63, 3.8) is 0 Å². The van der Waals surface area contributed by atoms with Crippen molar-refractivity contribution >= 4 is 5.91 Å². The van der Waals surface area contributed by atoms with Gasteiger partial charge in [-0.25, -0.2) is 4.68 Å². The number of rotatable bonds is 6. The molecule has 3 rings (SSSR count). The molecule has 0 bridgehead atoms. The van der Waals surface area contributed by atoms with Crippen molar-refractivity contribution in [3.05, 3.63) is 78.1 Å². The maximum absolute atomic E-state index is 12.2. The third-order valence-electron chi connectivity index (χ3n) is 3.80. The summed E-state index contributed by atoms with van der Waals surface area (Å²) in [7, 11) is 1.58. The highest BCUT2D eigenvalue weighted by molar-refractivity contribution is 5.92. The largest absolute Gasteiger partial charge is 0.497 e. The van der Waals surface area contributed by atoms with Gasteiger partial charge in [0.25, 0.3) is 5.91 Å². The quantitative estimate of drug-likeness (QED) is 0.724. The topological polar surface area (TPSA) is 76.4 Å². The molecule has 0 fully saturated rings. The summed E-state index contributed by atoms with van der Waals surface area (Å²) in [6.07, 6.45) is 0.926. The third kappa shape index (κ3) is 4.05. The van der Waals surface area contributed by atoms with Crippen molar-refractivity contribution in [1.29, 1.82) is 0 Å². The van der Waals surface area contributed by atoms with Crippen LogP contribution in [0.5, 0.6) is 5.75 Å². The highest BCUT2D eigenvalue weighted by atomic mass is 16.5. The van der Waals surface area contributed by atoms with Crippen LogP contribution in [-0.4, -0.2) is 34.4 Å². The number of nitrogens with one attached hydrogen (secondary N) is 1. The molecule has 2 N–H and O–H groups in total. The van der Waals surface area contributed by atoms with Gasteiger partial charge in [0.2, 0.25) is 0 Å². The second-order valence-corrected chi connectivity index (χ2v) is 5.48. The van der Waals surface area contributed by atoms with E-state index in [9.17, 15) is 9.90 Å². The zero-order chi connectivity index (χ0) is 17.6.